The number of hydrogen-bond donors (Lipinski definition) is 0. The van der Waals surface area contributed by atoms with Crippen LogP contribution in [-0.2, 0) is 0 Å². The van der Waals surface area contributed by atoms with Gasteiger partial charge >= 0.3 is 0 Å². The molecule has 0 aliphatic rings. The predicted octanol–water partition coefficient (Wildman–Crippen LogP) is 6.44. The molecule has 4 heteroatoms. The van der Waals surface area contributed by atoms with E-state index in [2.05, 4.69) is 79.6 Å². The summed E-state index contributed by atoms with van der Waals surface area (Å²) in [6.07, 6.45) is 0. The van der Waals surface area contributed by atoms with Gasteiger partial charge in [0.25, 0.3) is 0 Å². The molecule has 0 aliphatic carbocycles. The lowest BCUT2D eigenvalue weighted by molar-refractivity contribution is 0.415. The standard InChI is InChI=1S/C27H26N2OSi/c1-30-25-12-8-9-23(19-25)27-20-26(28-29(27)24-10-6-5-7-11-24)22-15-13-21(14-16-22)17-18-31(2,3)4/h5-16,19-20H,1-4H3. The van der Waals surface area contributed by atoms with Crippen LogP contribution in [0.5, 0.6) is 5.75 Å². The molecule has 0 atom stereocenters. The first-order chi connectivity index (χ1) is 14.9. The monoisotopic (exact) mass is 422 g/mol. The van der Waals surface area contributed by atoms with Gasteiger partial charge in [-0.05, 0) is 42.5 Å². The smallest absolute Gasteiger partial charge is 0.129 e. The van der Waals surface area contributed by atoms with Gasteiger partial charge in [-0.25, -0.2) is 4.68 Å². The average Bonchev–Trinajstić information content (AvgIpc) is 3.24. The van der Waals surface area contributed by atoms with Gasteiger partial charge in [-0.1, -0.05) is 68.0 Å². The molecule has 1 aromatic heterocycles. The second-order valence-corrected chi connectivity index (χ2v) is 13.2. The second kappa shape index (κ2) is 8.67. The van der Waals surface area contributed by atoms with Gasteiger partial charge in [-0.2, -0.15) is 5.10 Å². The molecule has 4 aromatic rings. The van der Waals surface area contributed by atoms with E-state index < -0.39 is 8.07 Å². The summed E-state index contributed by atoms with van der Waals surface area (Å²) in [6.45, 7) is 6.76. The molecule has 0 saturated heterocycles. The molecule has 4 rings (SSSR count). The zero-order chi connectivity index (χ0) is 21.8. The first-order valence-electron chi connectivity index (χ1n) is 10.4. The van der Waals surface area contributed by atoms with Gasteiger partial charge in [0.05, 0.1) is 24.2 Å². The van der Waals surface area contributed by atoms with Gasteiger partial charge in [-0.3, -0.25) is 0 Å². The van der Waals surface area contributed by atoms with Crippen molar-refractivity contribution in [3.63, 3.8) is 0 Å². The fourth-order valence-corrected chi connectivity index (χ4v) is 3.78. The Morgan fingerprint density at radius 2 is 1.55 bits per heavy atom. The van der Waals surface area contributed by atoms with E-state index in [1.807, 2.05) is 41.1 Å². The quantitative estimate of drug-likeness (QED) is 0.279. The number of methoxy groups -OCH3 is 1. The largest absolute Gasteiger partial charge is 0.497 e. The summed E-state index contributed by atoms with van der Waals surface area (Å²) in [5.41, 5.74) is 9.54. The van der Waals surface area contributed by atoms with E-state index in [4.69, 9.17) is 9.84 Å². The fraction of sp³-hybridized carbons (Fsp3) is 0.148. The normalized spacial score (nSPS) is 11.0. The average molecular weight is 423 g/mol. The lowest BCUT2D eigenvalue weighted by Gasteiger charge is -2.08. The van der Waals surface area contributed by atoms with E-state index in [9.17, 15) is 0 Å². The summed E-state index contributed by atoms with van der Waals surface area (Å²) in [4.78, 5) is 0. The lowest BCUT2D eigenvalue weighted by atomic mass is 10.1. The molecule has 0 fully saturated rings. The third kappa shape index (κ3) is 4.96. The summed E-state index contributed by atoms with van der Waals surface area (Å²) in [5, 5.41) is 4.94. The van der Waals surface area contributed by atoms with Gasteiger partial charge in [0.2, 0.25) is 0 Å². The van der Waals surface area contributed by atoms with Crippen LogP contribution in [0.15, 0.2) is 84.9 Å². The molecule has 31 heavy (non-hydrogen) atoms. The molecule has 0 spiro atoms. The maximum Gasteiger partial charge on any atom is 0.129 e. The molecule has 0 aliphatic heterocycles. The Labute approximate surface area is 185 Å². The highest BCUT2D eigenvalue weighted by molar-refractivity contribution is 6.83. The van der Waals surface area contributed by atoms with Gasteiger partial charge < -0.3 is 4.74 Å². The summed E-state index contributed by atoms with van der Waals surface area (Å²) in [6, 6.07) is 28.8. The zero-order valence-electron chi connectivity index (χ0n) is 18.4. The molecule has 3 nitrogen and oxygen atoms in total. The number of aromatic nitrogens is 2. The van der Waals surface area contributed by atoms with Crippen molar-refractivity contribution >= 4 is 8.07 Å². The van der Waals surface area contributed by atoms with Crippen LogP contribution in [0.4, 0.5) is 0 Å². The summed E-state index contributed by atoms with van der Waals surface area (Å²) in [7, 11) is 0.295. The van der Waals surface area contributed by atoms with Crippen molar-refractivity contribution in [3.05, 3.63) is 90.5 Å². The first-order valence-corrected chi connectivity index (χ1v) is 13.9. The summed E-state index contributed by atoms with van der Waals surface area (Å²) < 4.78 is 7.42. The van der Waals surface area contributed by atoms with E-state index in [-0.39, 0.29) is 0 Å². The van der Waals surface area contributed by atoms with Gasteiger partial charge in [0, 0.05) is 16.7 Å². The number of benzene rings is 3. The Kier molecular flexibility index (Phi) is 5.79. The molecule has 0 radical (unpaired) electrons. The Morgan fingerprint density at radius 1 is 0.806 bits per heavy atom. The topological polar surface area (TPSA) is 27.1 Å². The maximum absolute atomic E-state index is 5.43. The minimum Gasteiger partial charge on any atom is -0.497 e. The first kappa shape index (κ1) is 20.7. The Hall–Kier alpha value is -3.55. The highest BCUT2D eigenvalue weighted by Gasteiger charge is 2.14. The molecule has 0 saturated carbocycles. The highest BCUT2D eigenvalue weighted by Crippen LogP contribution is 2.30. The maximum atomic E-state index is 5.43. The molecule has 0 N–H and O–H groups in total. The van der Waals surface area contributed by atoms with Crippen molar-refractivity contribution < 1.29 is 4.74 Å². The summed E-state index contributed by atoms with van der Waals surface area (Å²) >= 11 is 0. The van der Waals surface area contributed by atoms with E-state index >= 15 is 0 Å². The molecule has 3 aromatic carbocycles. The Bertz CT molecular complexity index is 1240. The number of rotatable bonds is 4. The Morgan fingerprint density at radius 3 is 2.23 bits per heavy atom. The third-order valence-electron chi connectivity index (χ3n) is 4.84. The number of para-hydroxylation sites is 1. The van der Waals surface area contributed by atoms with Gasteiger partial charge in [0.15, 0.2) is 0 Å². The number of ether oxygens (including phenoxy) is 1. The van der Waals surface area contributed by atoms with Crippen LogP contribution in [0.3, 0.4) is 0 Å². The van der Waals surface area contributed by atoms with Crippen molar-refractivity contribution in [2.45, 2.75) is 19.6 Å². The number of hydrogen-bond acceptors (Lipinski definition) is 2. The molecule has 0 amide bonds. The minimum absolute atomic E-state index is 0.824. The number of nitrogens with zero attached hydrogens (tertiary/aromatic N) is 2. The minimum atomic E-state index is -1.39. The molecular formula is C27H26N2OSi. The van der Waals surface area contributed by atoms with Crippen LogP contribution in [0.1, 0.15) is 5.56 Å². The van der Waals surface area contributed by atoms with E-state index in [0.29, 0.717) is 0 Å². The molecule has 1 heterocycles. The molecular weight excluding hydrogens is 396 g/mol. The van der Waals surface area contributed by atoms with Crippen LogP contribution in [0.2, 0.25) is 19.6 Å². The molecule has 0 bridgehead atoms. The summed E-state index contributed by atoms with van der Waals surface area (Å²) in [5.74, 6) is 4.14. The SMILES string of the molecule is COc1cccc(-c2cc(-c3ccc(C#C[Si](C)(C)C)cc3)nn2-c2ccccc2)c1. The van der Waals surface area contributed by atoms with Crippen molar-refractivity contribution in [3.8, 4) is 45.4 Å². The van der Waals surface area contributed by atoms with Crippen LogP contribution in [0.25, 0.3) is 28.2 Å². The van der Waals surface area contributed by atoms with Gasteiger partial charge in [-0.15, -0.1) is 5.54 Å². The highest BCUT2D eigenvalue weighted by atomic mass is 28.3. The lowest BCUT2D eigenvalue weighted by Crippen LogP contribution is -2.16. The van der Waals surface area contributed by atoms with Crippen molar-refractivity contribution in [2.75, 3.05) is 7.11 Å². The van der Waals surface area contributed by atoms with Crippen LogP contribution in [0, 0.1) is 11.5 Å². The fourth-order valence-electron chi connectivity index (χ4n) is 3.26. The van der Waals surface area contributed by atoms with Crippen LogP contribution < -0.4 is 4.74 Å². The van der Waals surface area contributed by atoms with Crippen molar-refractivity contribution in [1.29, 1.82) is 0 Å². The molecule has 0 unspecified atom stereocenters. The van der Waals surface area contributed by atoms with Crippen molar-refractivity contribution in [1.82, 2.24) is 9.78 Å². The van der Waals surface area contributed by atoms with E-state index in [1.165, 1.54) is 0 Å². The van der Waals surface area contributed by atoms with E-state index in [0.717, 1.165) is 39.5 Å². The third-order valence-corrected chi connectivity index (χ3v) is 5.71. The van der Waals surface area contributed by atoms with Gasteiger partial charge in [0.1, 0.15) is 13.8 Å². The van der Waals surface area contributed by atoms with Crippen molar-refractivity contribution in [2.24, 2.45) is 0 Å². The predicted molar refractivity (Wildman–Crippen MR) is 131 cm³/mol. The Balaban J connectivity index is 1.77. The van der Waals surface area contributed by atoms with Crippen LogP contribution >= 0.6 is 0 Å². The van der Waals surface area contributed by atoms with Crippen LogP contribution in [-0.4, -0.2) is 25.0 Å². The second-order valence-electron chi connectivity index (χ2n) is 8.47. The zero-order valence-corrected chi connectivity index (χ0v) is 19.4. The molecule has 154 valence electrons. The van der Waals surface area contributed by atoms with E-state index in [1.54, 1.807) is 7.11 Å².